The van der Waals surface area contributed by atoms with Crippen molar-refractivity contribution in [1.29, 1.82) is 0 Å². The third kappa shape index (κ3) is 2.49. The van der Waals surface area contributed by atoms with Crippen molar-refractivity contribution in [3.05, 3.63) is 47.5 Å². The molecule has 1 saturated carbocycles. The number of para-hydroxylation sites is 1. The second-order valence-electron chi connectivity index (χ2n) is 5.08. The number of hydrogen-bond acceptors (Lipinski definition) is 3. The van der Waals surface area contributed by atoms with E-state index in [-0.39, 0.29) is 0 Å². The molecule has 1 aromatic heterocycles. The third-order valence-corrected chi connectivity index (χ3v) is 3.56. The first-order valence-corrected chi connectivity index (χ1v) is 6.71. The van der Waals surface area contributed by atoms with E-state index >= 15 is 0 Å². The summed E-state index contributed by atoms with van der Waals surface area (Å²) in [5.74, 6) is 0.911. The van der Waals surface area contributed by atoms with Crippen molar-refractivity contribution in [2.24, 2.45) is 5.73 Å². The minimum atomic E-state index is 0.499. The van der Waals surface area contributed by atoms with Gasteiger partial charge in [-0.05, 0) is 25.3 Å². The average Bonchev–Trinajstić information content (AvgIpc) is 3.16. The summed E-state index contributed by atoms with van der Waals surface area (Å²) in [6, 6.07) is 6.71. The lowest BCUT2D eigenvalue weighted by Gasteiger charge is -2.14. The Morgan fingerprint density at radius 3 is 3.00 bits per heavy atom. The van der Waals surface area contributed by atoms with Gasteiger partial charge in [-0.25, -0.2) is 4.98 Å². The number of aryl methyl sites for hydroxylation is 1. The van der Waals surface area contributed by atoms with Gasteiger partial charge in [0, 0.05) is 18.2 Å². The smallest absolute Gasteiger partial charge is 0.130 e. The van der Waals surface area contributed by atoms with Crippen molar-refractivity contribution >= 4 is 0 Å². The molecule has 0 saturated heterocycles. The molecule has 1 aliphatic rings. The maximum atomic E-state index is 5.98. The molecule has 100 valence electrons. The number of ether oxygens (including phenoxy) is 1. The number of hydrogen-bond donors (Lipinski definition) is 1. The highest BCUT2D eigenvalue weighted by Crippen LogP contribution is 2.36. The SMILES string of the molecule is Cc1cccc(CN)c1OCc1cncn1C1CC1. The largest absolute Gasteiger partial charge is 0.487 e. The van der Waals surface area contributed by atoms with Crippen LogP contribution in [0.3, 0.4) is 0 Å². The Kier molecular flexibility index (Phi) is 3.25. The van der Waals surface area contributed by atoms with Crippen LogP contribution in [0.2, 0.25) is 0 Å². The van der Waals surface area contributed by atoms with Crippen LogP contribution >= 0.6 is 0 Å². The fraction of sp³-hybridized carbons (Fsp3) is 0.400. The number of rotatable bonds is 5. The first kappa shape index (κ1) is 12.2. The van der Waals surface area contributed by atoms with E-state index < -0.39 is 0 Å². The zero-order chi connectivity index (χ0) is 13.2. The van der Waals surface area contributed by atoms with E-state index in [0.717, 1.165) is 22.6 Å². The number of benzene rings is 1. The van der Waals surface area contributed by atoms with Gasteiger partial charge >= 0.3 is 0 Å². The van der Waals surface area contributed by atoms with Crippen molar-refractivity contribution in [2.45, 2.75) is 39.0 Å². The molecular weight excluding hydrogens is 238 g/mol. The maximum Gasteiger partial charge on any atom is 0.130 e. The lowest BCUT2D eigenvalue weighted by molar-refractivity contribution is 0.290. The number of imidazole rings is 1. The van der Waals surface area contributed by atoms with Crippen molar-refractivity contribution in [3.63, 3.8) is 0 Å². The topological polar surface area (TPSA) is 53.1 Å². The molecule has 19 heavy (non-hydrogen) atoms. The second kappa shape index (κ2) is 5.05. The van der Waals surface area contributed by atoms with Crippen LogP contribution in [-0.4, -0.2) is 9.55 Å². The minimum absolute atomic E-state index is 0.499. The fourth-order valence-corrected chi connectivity index (χ4v) is 2.35. The zero-order valence-electron chi connectivity index (χ0n) is 11.2. The molecule has 0 amide bonds. The maximum absolute atomic E-state index is 5.98. The summed E-state index contributed by atoms with van der Waals surface area (Å²) in [5.41, 5.74) is 9.07. The molecule has 0 unspecified atom stereocenters. The molecular formula is C15H19N3O. The number of nitrogens with two attached hydrogens (primary N) is 1. The molecule has 0 spiro atoms. The van der Waals surface area contributed by atoms with Gasteiger partial charge in [-0.15, -0.1) is 0 Å². The molecule has 0 radical (unpaired) electrons. The Balaban J connectivity index is 1.77. The predicted octanol–water partition coefficient (Wildman–Crippen LogP) is 2.56. The molecule has 2 aromatic rings. The fourth-order valence-electron chi connectivity index (χ4n) is 2.35. The average molecular weight is 257 g/mol. The van der Waals surface area contributed by atoms with Gasteiger partial charge in [0.2, 0.25) is 0 Å². The molecule has 0 aliphatic heterocycles. The summed E-state index contributed by atoms with van der Waals surface area (Å²) in [7, 11) is 0. The highest BCUT2D eigenvalue weighted by Gasteiger charge is 2.25. The van der Waals surface area contributed by atoms with Crippen LogP contribution in [0.15, 0.2) is 30.7 Å². The highest BCUT2D eigenvalue weighted by molar-refractivity contribution is 5.40. The molecule has 2 N–H and O–H groups in total. The van der Waals surface area contributed by atoms with Crippen LogP contribution in [0.25, 0.3) is 0 Å². The Morgan fingerprint density at radius 1 is 1.42 bits per heavy atom. The Morgan fingerprint density at radius 2 is 2.26 bits per heavy atom. The third-order valence-electron chi connectivity index (χ3n) is 3.56. The van der Waals surface area contributed by atoms with Crippen LogP contribution in [0.1, 0.15) is 35.7 Å². The van der Waals surface area contributed by atoms with Gasteiger partial charge < -0.3 is 15.0 Å². The zero-order valence-corrected chi connectivity index (χ0v) is 11.2. The monoisotopic (exact) mass is 257 g/mol. The summed E-state index contributed by atoms with van der Waals surface area (Å²) in [6.45, 7) is 3.10. The Labute approximate surface area is 113 Å². The van der Waals surface area contributed by atoms with Gasteiger partial charge in [-0.2, -0.15) is 0 Å². The molecule has 4 heteroatoms. The number of aromatic nitrogens is 2. The molecule has 1 fully saturated rings. The first-order chi connectivity index (χ1) is 9.29. The summed E-state index contributed by atoms with van der Waals surface area (Å²) in [6.07, 6.45) is 6.29. The van der Waals surface area contributed by atoms with Crippen LogP contribution in [0, 0.1) is 6.92 Å². The van der Waals surface area contributed by atoms with Crippen LogP contribution in [-0.2, 0) is 13.2 Å². The molecule has 1 aromatic carbocycles. The van der Waals surface area contributed by atoms with Crippen molar-refractivity contribution in [1.82, 2.24) is 9.55 Å². The standard InChI is InChI=1S/C15H19N3O/c1-11-3-2-4-12(7-16)15(11)19-9-14-8-17-10-18(14)13-5-6-13/h2-4,8,10,13H,5-7,9,16H2,1H3. The van der Waals surface area contributed by atoms with E-state index in [2.05, 4.69) is 9.55 Å². The second-order valence-corrected chi connectivity index (χ2v) is 5.08. The summed E-state index contributed by atoms with van der Waals surface area (Å²) in [4.78, 5) is 4.22. The molecule has 4 nitrogen and oxygen atoms in total. The van der Waals surface area contributed by atoms with E-state index in [4.69, 9.17) is 10.5 Å². The number of nitrogens with zero attached hydrogens (tertiary/aromatic N) is 2. The van der Waals surface area contributed by atoms with E-state index in [9.17, 15) is 0 Å². The summed E-state index contributed by atoms with van der Waals surface area (Å²) < 4.78 is 8.20. The van der Waals surface area contributed by atoms with Crippen molar-refractivity contribution < 1.29 is 4.74 Å². The van der Waals surface area contributed by atoms with Crippen molar-refractivity contribution in [3.8, 4) is 5.75 Å². The van der Waals surface area contributed by atoms with Crippen LogP contribution in [0.4, 0.5) is 0 Å². The van der Waals surface area contributed by atoms with Gasteiger partial charge in [0.25, 0.3) is 0 Å². The van der Waals surface area contributed by atoms with Gasteiger partial charge in [0.15, 0.2) is 0 Å². The van der Waals surface area contributed by atoms with Gasteiger partial charge in [-0.3, -0.25) is 0 Å². The lowest BCUT2D eigenvalue weighted by atomic mass is 10.1. The predicted molar refractivity (Wildman–Crippen MR) is 73.9 cm³/mol. The van der Waals surface area contributed by atoms with Crippen LogP contribution in [0.5, 0.6) is 5.75 Å². The normalized spacial score (nSPS) is 14.6. The minimum Gasteiger partial charge on any atom is -0.487 e. The Bertz CT molecular complexity index is 573. The van der Waals surface area contributed by atoms with E-state index in [1.807, 2.05) is 37.6 Å². The Hall–Kier alpha value is -1.81. The van der Waals surface area contributed by atoms with E-state index in [1.165, 1.54) is 12.8 Å². The van der Waals surface area contributed by atoms with Gasteiger partial charge in [0.05, 0.1) is 18.2 Å². The summed E-state index contributed by atoms with van der Waals surface area (Å²) >= 11 is 0. The molecule has 3 rings (SSSR count). The molecule has 0 bridgehead atoms. The molecule has 1 aliphatic carbocycles. The molecule has 1 heterocycles. The molecule has 0 atom stereocenters. The van der Waals surface area contributed by atoms with Gasteiger partial charge in [0.1, 0.15) is 12.4 Å². The van der Waals surface area contributed by atoms with E-state index in [0.29, 0.717) is 19.2 Å². The van der Waals surface area contributed by atoms with Crippen LogP contribution < -0.4 is 10.5 Å². The highest BCUT2D eigenvalue weighted by atomic mass is 16.5. The van der Waals surface area contributed by atoms with Crippen molar-refractivity contribution in [2.75, 3.05) is 0 Å². The first-order valence-electron chi connectivity index (χ1n) is 6.71. The van der Waals surface area contributed by atoms with E-state index in [1.54, 1.807) is 0 Å². The van der Waals surface area contributed by atoms with Gasteiger partial charge in [-0.1, -0.05) is 18.2 Å². The summed E-state index contributed by atoms with van der Waals surface area (Å²) in [5, 5.41) is 0. The lowest BCUT2D eigenvalue weighted by Crippen LogP contribution is -2.07. The quantitative estimate of drug-likeness (QED) is 0.895.